The van der Waals surface area contributed by atoms with Crippen LogP contribution in [-0.4, -0.2) is 5.91 Å². The lowest BCUT2D eigenvalue weighted by Crippen LogP contribution is -2.14. The molecule has 2 aromatic rings. The maximum Gasteiger partial charge on any atom is 0.229 e. The van der Waals surface area contributed by atoms with Crippen molar-refractivity contribution in [2.24, 2.45) is 0 Å². The van der Waals surface area contributed by atoms with Gasteiger partial charge in [-0.15, -0.1) is 11.3 Å². The summed E-state index contributed by atoms with van der Waals surface area (Å²) in [4.78, 5) is 12.9. The van der Waals surface area contributed by atoms with E-state index < -0.39 is 0 Å². The minimum Gasteiger partial charge on any atom is -0.325 e. The van der Waals surface area contributed by atoms with Crippen LogP contribution in [0.4, 0.5) is 5.69 Å². The quantitative estimate of drug-likeness (QED) is 0.912. The van der Waals surface area contributed by atoms with Gasteiger partial charge in [0.1, 0.15) is 0 Å². The number of hydrogen-bond donors (Lipinski definition) is 1. The van der Waals surface area contributed by atoms with Crippen molar-refractivity contribution in [3.05, 3.63) is 50.6 Å². The summed E-state index contributed by atoms with van der Waals surface area (Å²) in [7, 11) is 0. The number of carbonyl (C=O) groups is 1. The van der Waals surface area contributed by atoms with Gasteiger partial charge in [0.2, 0.25) is 5.91 Å². The molecule has 0 saturated carbocycles. The number of benzene rings is 1. The van der Waals surface area contributed by atoms with Gasteiger partial charge in [-0.2, -0.15) is 0 Å². The van der Waals surface area contributed by atoms with Crippen molar-refractivity contribution in [1.29, 1.82) is 0 Å². The van der Waals surface area contributed by atoms with E-state index in [0.29, 0.717) is 6.42 Å². The van der Waals surface area contributed by atoms with Crippen LogP contribution in [0.1, 0.15) is 10.4 Å². The van der Waals surface area contributed by atoms with Crippen LogP contribution in [0, 0.1) is 6.92 Å². The Balaban J connectivity index is 2.06. The zero-order chi connectivity index (χ0) is 12.3. The third-order valence-corrected chi connectivity index (χ3v) is 4.31. The van der Waals surface area contributed by atoms with Crippen molar-refractivity contribution in [1.82, 2.24) is 0 Å². The highest BCUT2D eigenvalue weighted by atomic mass is 79.9. The van der Waals surface area contributed by atoms with E-state index in [1.165, 1.54) is 0 Å². The maximum absolute atomic E-state index is 11.8. The Bertz CT molecular complexity index is 522. The molecule has 1 N–H and O–H groups in total. The van der Waals surface area contributed by atoms with Gasteiger partial charge in [0, 0.05) is 9.35 Å². The van der Waals surface area contributed by atoms with Crippen molar-refractivity contribution in [3.8, 4) is 0 Å². The molecule has 0 unspecified atom stereocenters. The lowest BCUT2D eigenvalue weighted by molar-refractivity contribution is -0.115. The number of anilines is 1. The predicted molar refractivity (Wildman–Crippen MR) is 75.5 cm³/mol. The summed E-state index contributed by atoms with van der Waals surface area (Å²) in [6.45, 7) is 2.00. The highest BCUT2D eigenvalue weighted by molar-refractivity contribution is 9.10. The minimum absolute atomic E-state index is 0.0127. The fraction of sp³-hybridized carbons (Fsp3) is 0.154. The van der Waals surface area contributed by atoms with Crippen molar-refractivity contribution in [3.63, 3.8) is 0 Å². The largest absolute Gasteiger partial charge is 0.325 e. The van der Waals surface area contributed by atoms with Gasteiger partial charge in [0.05, 0.1) is 12.1 Å². The summed E-state index contributed by atoms with van der Waals surface area (Å²) < 4.78 is 0.944. The number of hydrogen-bond acceptors (Lipinski definition) is 2. The van der Waals surface area contributed by atoms with E-state index in [1.54, 1.807) is 11.3 Å². The molecule has 1 aromatic heterocycles. The molecule has 0 aliphatic carbocycles. The molecule has 4 heteroatoms. The van der Waals surface area contributed by atoms with Crippen LogP contribution in [0.3, 0.4) is 0 Å². The van der Waals surface area contributed by atoms with Crippen LogP contribution in [-0.2, 0) is 11.2 Å². The fourth-order valence-electron chi connectivity index (χ4n) is 1.51. The van der Waals surface area contributed by atoms with Gasteiger partial charge < -0.3 is 5.32 Å². The summed E-state index contributed by atoms with van der Waals surface area (Å²) in [5.74, 6) is 0.0127. The number of rotatable bonds is 3. The first-order chi connectivity index (χ1) is 8.16. The average Bonchev–Trinajstić information content (AvgIpc) is 2.77. The Labute approximate surface area is 113 Å². The Kier molecular flexibility index (Phi) is 3.97. The molecule has 0 bridgehead atoms. The maximum atomic E-state index is 11.8. The van der Waals surface area contributed by atoms with Gasteiger partial charge in [-0.3, -0.25) is 4.79 Å². The van der Waals surface area contributed by atoms with Crippen LogP contribution in [0.25, 0.3) is 0 Å². The molecule has 2 nitrogen and oxygen atoms in total. The number of amides is 1. The average molecular weight is 310 g/mol. The monoisotopic (exact) mass is 309 g/mol. The van der Waals surface area contributed by atoms with Gasteiger partial charge in [-0.25, -0.2) is 0 Å². The van der Waals surface area contributed by atoms with Crippen molar-refractivity contribution >= 4 is 38.9 Å². The van der Waals surface area contributed by atoms with Gasteiger partial charge in [-0.1, -0.05) is 18.2 Å². The molecule has 88 valence electrons. The molecular formula is C13H12BrNOS. The number of carbonyl (C=O) groups excluding carboxylic acids is 1. The van der Waals surface area contributed by atoms with Crippen LogP contribution in [0.2, 0.25) is 0 Å². The normalized spacial score (nSPS) is 10.2. The van der Waals surface area contributed by atoms with Crippen molar-refractivity contribution in [2.45, 2.75) is 13.3 Å². The van der Waals surface area contributed by atoms with Crippen LogP contribution >= 0.6 is 27.3 Å². The van der Waals surface area contributed by atoms with Gasteiger partial charge >= 0.3 is 0 Å². The lowest BCUT2D eigenvalue weighted by Gasteiger charge is -2.08. The second-order valence-electron chi connectivity index (χ2n) is 3.74. The standard InChI is InChI=1S/C13H12BrNOS/c1-9-4-2-6-11(13(9)14)15-12(16)8-10-5-3-7-17-10/h2-7H,8H2,1H3,(H,15,16). The molecule has 0 spiro atoms. The predicted octanol–water partition coefficient (Wildman–Crippen LogP) is 4.00. The molecule has 0 saturated heterocycles. The van der Waals surface area contributed by atoms with Crippen LogP contribution < -0.4 is 5.32 Å². The van der Waals surface area contributed by atoms with Crippen LogP contribution in [0.5, 0.6) is 0 Å². The van der Waals surface area contributed by atoms with E-state index in [4.69, 9.17) is 0 Å². The molecule has 1 heterocycles. The molecule has 0 fully saturated rings. The summed E-state index contributed by atoms with van der Waals surface area (Å²) >= 11 is 5.07. The Morgan fingerprint density at radius 2 is 2.18 bits per heavy atom. The van der Waals surface area contributed by atoms with Gasteiger partial charge in [0.15, 0.2) is 0 Å². The number of halogens is 1. The summed E-state index contributed by atoms with van der Waals surface area (Å²) in [6.07, 6.45) is 0.429. The third-order valence-electron chi connectivity index (χ3n) is 2.38. The molecule has 1 aromatic carbocycles. The third kappa shape index (κ3) is 3.17. The lowest BCUT2D eigenvalue weighted by atomic mass is 10.2. The summed E-state index contributed by atoms with van der Waals surface area (Å²) in [5.41, 5.74) is 1.94. The first-order valence-electron chi connectivity index (χ1n) is 5.24. The highest BCUT2D eigenvalue weighted by Gasteiger charge is 2.08. The van der Waals surface area contributed by atoms with E-state index in [0.717, 1.165) is 20.6 Å². The Morgan fingerprint density at radius 1 is 1.35 bits per heavy atom. The second-order valence-corrected chi connectivity index (χ2v) is 5.57. The smallest absolute Gasteiger partial charge is 0.229 e. The zero-order valence-electron chi connectivity index (χ0n) is 9.37. The van der Waals surface area contributed by atoms with Gasteiger partial charge in [0.25, 0.3) is 0 Å². The van der Waals surface area contributed by atoms with Crippen LogP contribution in [0.15, 0.2) is 40.2 Å². The molecule has 1 amide bonds. The molecule has 17 heavy (non-hydrogen) atoms. The minimum atomic E-state index is 0.0127. The molecule has 0 atom stereocenters. The van der Waals surface area contributed by atoms with Crippen molar-refractivity contribution < 1.29 is 4.79 Å². The van der Waals surface area contributed by atoms with E-state index in [1.807, 2.05) is 42.6 Å². The zero-order valence-corrected chi connectivity index (χ0v) is 11.8. The Morgan fingerprint density at radius 3 is 2.88 bits per heavy atom. The number of thiophene rings is 1. The van der Waals surface area contributed by atoms with Gasteiger partial charge in [-0.05, 0) is 45.9 Å². The summed E-state index contributed by atoms with van der Waals surface area (Å²) in [6, 6.07) is 9.74. The van der Waals surface area contributed by atoms with E-state index in [9.17, 15) is 4.79 Å². The van der Waals surface area contributed by atoms with E-state index in [-0.39, 0.29) is 5.91 Å². The molecule has 0 radical (unpaired) electrons. The highest BCUT2D eigenvalue weighted by Crippen LogP contribution is 2.25. The second kappa shape index (κ2) is 5.47. The number of nitrogens with one attached hydrogen (secondary N) is 1. The van der Waals surface area contributed by atoms with E-state index in [2.05, 4.69) is 21.2 Å². The Hall–Kier alpha value is -1.13. The topological polar surface area (TPSA) is 29.1 Å². The fourth-order valence-corrected chi connectivity index (χ4v) is 2.58. The molecule has 2 rings (SSSR count). The molecular weight excluding hydrogens is 298 g/mol. The summed E-state index contributed by atoms with van der Waals surface area (Å²) in [5, 5.41) is 4.89. The first-order valence-corrected chi connectivity index (χ1v) is 6.91. The molecule has 0 aliphatic heterocycles. The number of aryl methyl sites for hydroxylation is 1. The first kappa shape index (κ1) is 12.3. The SMILES string of the molecule is Cc1cccc(NC(=O)Cc2cccs2)c1Br. The molecule has 0 aliphatic rings. The van der Waals surface area contributed by atoms with E-state index >= 15 is 0 Å². The van der Waals surface area contributed by atoms with Crippen molar-refractivity contribution in [2.75, 3.05) is 5.32 Å².